The van der Waals surface area contributed by atoms with Crippen LogP contribution in [-0.2, 0) is 10.0 Å². The Kier molecular flexibility index (Phi) is 5.85. The third-order valence-corrected chi connectivity index (χ3v) is 7.56. The van der Waals surface area contributed by atoms with Crippen molar-refractivity contribution in [2.45, 2.75) is 68.8 Å². The number of hydrogen-bond donors (Lipinski definition) is 1. The number of rotatable bonds is 5. The minimum Gasteiger partial charge on any atom is -0.449 e. The molecule has 2 aliphatic rings. The summed E-state index contributed by atoms with van der Waals surface area (Å²) in [6, 6.07) is 7.55. The third-order valence-electron chi connectivity index (χ3n) is 6.02. The summed E-state index contributed by atoms with van der Waals surface area (Å²) >= 11 is 0. The Morgan fingerprint density at radius 1 is 1.04 bits per heavy atom. The van der Waals surface area contributed by atoms with Crippen LogP contribution in [0.5, 0.6) is 0 Å². The lowest BCUT2D eigenvalue weighted by Gasteiger charge is -2.39. The minimum atomic E-state index is -3.51. The molecule has 1 saturated carbocycles. The van der Waals surface area contributed by atoms with E-state index in [2.05, 4.69) is 14.6 Å². The molecule has 6 nitrogen and oxygen atoms in total. The van der Waals surface area contributed by atoms with Crippen molar-refractivity contribution < 1.29 is 12.8 Å². The van der Waals surface area contributed by atoms with Gasteiger partial charge in [-0.1, -0.05) is 31.4 Å². The van der Waals surface area contributed by atoms with E-state index in [1.807, 2.05) is 0 Å². The van der Waals surface area contributed by atoms with Crippen LogP contribution in [0, 0.1) is 6.92 Å². The highest BCUT2D eigenvalue weighted by atomic mass is 32.2. The van der Waals surface area contributed by atoms with Gasteiger partial charge in [-0.15, -0.1) is 0 Å². The summed E-state index contributed by atoms with van der Waals surface area (Å²) in [5.74, 6) is 0.591. The molecular formula is C21H29N3O3S. The molecule has 4 rings (SSSR count). The lowest BCUT2D eigenvalue weighted by atomic mass is 9.92. The monoisotopic (exact) mass is 403 g/mol. The van der Waals surface area contributed by atoms with Gasteiger partial charge >= 0.3 is 0 Å². The first-order valence-electron chi connectivity index (χ1n) is 10.3. The summed E-state index contributed by atoms with van der Waals surface area (Å²) in [6.07, 6.45) is 9.97. The predicted molar refractivity (Wildman–Crippen MR) is 108 cm³/mol. The maximum absolute atomic E-state index is 12.8. The van der Waals surface area contributed by atoms with Crippen molar-refractivity contribution in [2.75, 3.05) is 13.1 Å². The van der Waals surface area contributed by atoms with E-state index in [0.717, 1.165) is 31.5 Å². The molecule has 0 spiro atoms. The van der Waals surface area contributed by atoms with Crippen molar-refractivity contribution in [1.82, 2.24) is 14.6 Å². The molecule has 1 aliphatic heterocycles. The lowest BCUT2D eigenvalue weighted by molar-refractivity contribution is 0.120. The van der Waals surface area contributed by atoms with Gasteiger partial charge in [-0.25, -0.2) is 18.1 Å². The van der Waals surface area contributed by atoms with Crippen LogP contribution in [-0.4, -0.2) is 43.5 Å². The molecule has 28 heavy (non-hydrogen) atoms. The van der Waals surface area contributed by atoms with E-state index in [1.54, 1.807) is 37.5 Å². The Balaban J connectivity index is 1.35. The zero-order valence-corrected chi connectivity index (χ0v) is 17.2. The zero-order chi connectivity index (χ0) is 19.6. The molecule has 1 saturated heterocycles. The van der Waals surface area contributed by atoms with E-state index in [-0.39, 0.29) is 6.04 Å². The Hall–Kier alpha value is -1.70. The van der Waals surface area contributed by atoms with Gasteiger partial charge in [-0.2, -0.15) is 0 Å². The number of benzene rings is 1. The van der Waals surface area contributed by atoms with Crippen molar-refractivity contribution in [3.8, 4) is 11.3 Å². The molecule has 2 fully saturated rings. The second-order valence-electron chi connectivity index (χ2n) is 8.00. The fourth-order valence-corrected chi connectivity index (χ4v) is 5.72. The Bertz CT molecular complexity index is 878. The minimum absolute atomic E-state index is 0.0164. The predicted octanol–water partition coefficient (Wildman–Crippen LogP) is 3.73. The molecule has 0 bridgehead atoms. The van der Waals surface area contributed by atoms with Gasteiger partial charge in [0.1, 0.15) is 12.0 Å². The molecule has 1 aromatic carbocycles. The number of aromatic nitrogens is 1. The summed E-state index contributed by atoms with van der Waals surface area (Å²) in [7, 11) is -3.51. The number of hydrogen-bond acceptors (Lipinski definition) is 5. The Morgan fingerprint density at radius 3 is 2.32 bits per heavy atom. The molecule has 0 unspecified atom stereocenters. The molecular weight excluding hydrogens is 374 g/mol. The fraction of sp³-hybridized carbons (Fsp3) is 0.571. The number of nitrogens with zero attached hydrogens (tertiary/aromatic N) is 2. The molecule has 152 valence electrons. The summed E-state index contributed by atoms with van der Waals surface area (Å²) in [6.45, 7) is 3.76. The number of oxazole rings is 1. The number of nitrogens with one attached hydrogen (secondary N) is 1. The number of likely N-dealkylation sites (tertiary alicyclic amines) is 1. The number of aryl methyl sites for hydroxylation is 1. The average Bonchev–Trinajstić information content (AvgIpc) is 3.15. The van der Waals surface area contributed by atoms with Crippen LogP contribution < -0.4 is 4.72 Å². The average molecular weight is 404 g/mol. The molecule has 7 heteroatoms. The fourth-order valence-electron chi connectivity index (χ4n) is 4.42. The van der Waals surface area contributed by atoms with E-state index < -0.39 is 10.0 Å². The largest absolute Gasteiger partial charge is 0.449 e. The molecule has 1 N–H and O–H groups in total. The molecule has 0 radical (unpaired) electrons. The van der Waals surface area contributed by atoms with Crippen LogP contribution in [0.15, 0.2) is 39.8 Å². The summed E-state index contributed by atoms with van der Waals surface area (Å²) in [4.78, 5) is 7.14. The van der Waals surface area contributed by atoms with Gasteiger partial charge < -0.3 is 9.32 Å². The van der Waals surface area contributed by atoms with E-state index in [1.165, 1.54) is 32.1 Å². The van der Waals surface area contributed by atoms with E-state index in [9.17, 15) is 8.42 Å². The van der Waals surface area contributed by atoms with Crippen LogP contribution in [0.25, 0.3) is 11.3 Å². The van der Waals surface area contributed by atoms with E-state index in [4.69, 9.17) is 4.42 Å². The lowest BCUT2D eigenvalue weighted by Crippen LogP contribution is -2.48. The first-order valence-corrected chi connectivity index (χ1v) is 11.8. The number of sulfonamides is 1. The van der Waals surface area contributed by atoms with Gasteiger partial charge in [-0.3, -0.25) is 0 Å². The zero-order valence-electron chi connectivity index (χ0n) is 16.4. The van der Waals surface area contributed by atoms with E-state index >= 15 is 0 Å². The molecule has 2 aromatic rings. The van der Waals surface area contributed by atoms with Crippen LogP contribution in [0.3, 0.4) is 0 Å². The second-order valence-corrected chi connectivity index (χ2v) is 9.71. The maximum atomic E-state index is 12.8. The second kappa shape index (κ2) is 8.35. The number of piperidine rings is 1. The van der Waals surface area contributed by atoms with Crippen LogP contribution in [0.1, 0.15) is 50.8 Å². The first kappa shape index (κ1) is 19.6. The summed E-state index contributed by atoms with van der Waals surface area (Å²) in [5, 5.41) is 0. The van der Waals surface area contributed by atoms with Gasteiger partial charge in [0, 0.05) is 24.6 Å². The van der Waals surface area contributed by atoms with Gasteiger partial charge in [0.05, 0.1) is 4.90 Å². The highest BCUT2D eigenvalue weighted by Gasteiger charge is 2.28. The Morgan fingerprint density at radius 2 is 1.71 bits per heavy atom. The van der Waals surface area contributed by atoms with Crippen LogP contribution in [0.4, 0.5) is 0 Å². The van der Waals surface area contributed by atoms with Crippen molar-refractivity contribution in [2.24, 2.45) is 0 Å². The maximum Gasteiger partial charge on any atom is 0.240 e. The van der Waals surface area contributed by atoms with Crippen molar-refractivity contribution in [1.29, 1.82) is 0 Å². The van der Waals surface area contributed by atoms with Crippen molar-refractivity contribution in [3.05, 3.63) is 36.4 Å². The molecule has 0 amide bonds. The first-order chi connectivity index (χ1) is 13.5. The van der Waals surface area contributed by atoms with Gasteiger partial charge in [-0.05, 0) is 50.9 Å². The smallest absolute Gasteiger partial charge is 0.240 e. The van der Waals surface area contributed by atoms with E-state index in [0.29, 0.717) is 22.5 Å². The third kappa shape index (κ3) is 4.47. The normalized spacial score (nSPS) is 20.5. The highest BCUT2D eigenvalue weighted by Crippen LogP contribution is 2.26. The molecule has 2 heterocycles. The highest BCUT2D eigenvalue weighted by molar-refractivity contribution is 7.89. The topological polar surface area (TPSA) is 75.4 Å². The summed E-state index contributed by atoms with van der Waals surface area (Å²) < 4.78 is 33.7. The Labute approximate surface area is 167 Å². The van der Waals surface area contributed by atoms with Crippen LogP contribution in [0.2, 0.25) is 0 Å². The molecule has 1 aromatic heterocycles. The van der Waals surface area contributed by atoms with Crippen molar-refractivity contribution in [3.63, 3.8) is 0 Å². The van der Waals surface area contributed by atoms with Crippen LogP contribution >= 0.6 is 0 Å². The molecule has 1 aliphatic carbocycles. The van der Waals surface area contributed by atoms with Gasteiger partial charge in [0.25, 0.3) is 0 Å². The van der Waals surface area contributed by atoms with Gasteiger partial charge in [0.15, 0.2) is 5.89 Å². The quantitative estimate of drug-likeness (QED) is 0.823. The standard InChI is InChI=1S/C21H29N3O3S/c1-16-22-21(15-27-16)17-7-9-20(10-8-17)28(25,26)23-18-11-13-24(14-12-18)19-5-3-2-4-6-19/h7-10,15,18-19,23H,2-6,11-14H2,1H3. The van der Waals surface area contributed by atoms with Crippen molar-refractivity contribution >= 4 is 10.0 Å². The summed E-state index contributed by atoms with van der Waals surface area (Å²) in [5.41, 5.74) is 1.56. The SMILES string of the molecule is Cc1nc(-c2ccc(S(=O)(=O)NC3CCN(C4CCCCC4)CC3)cc2)co1. The molecule has 0 atom stereocenters. The van der Waals surface area contributed by atoms with Gasteiger partial charge in [0.2, 0.25) is 10.0 Å².